The molecule has 1 fully saturated rings. The minimum atomic E-state index is -0.248. The zero-order valence-corrected chi connectivity index (χ0v) is 16.1. The molecule has 0 spiro atoms. The molecular formula is C20H28FN5O. The maximum absolute atomic E-state index is 13.4. The Kier molecular flexibility index (Phi) is 6.55. The van der Waals surface area contributed by atoms with Crippen LogP contribution >= 0.6 is 0 Å². The quantitative estimate of drug-likeness (QED) is 0.811. The summed E-state index contributed by atoms with van der Waals surface area (Å²) >= 11 is 0. The molecule has 0 bridgehead atoms. The summed E-state index contributed by atoms with van der Waals surface area (Å²) in [6.45, 7) is 7.07. The Balaban J connectivity index is 1.71. The molecule has 0 atom stereocenters. The van der Waals surface area contributed by atoms with E-state index < -0.39 is 0 Å². The third kappa shape index (κ3) is 4.71. The lowest BCUT2D eigenvalue weighted by Crippen LogP contribution is -2.34. The standard InChI is InChI=1S/C20H28FN5O/c1-3-12-25(13-9-16-5-4-6-17(21)14-16)20(27)19-15(2)26(24-23-19)18-7-10-22-11-8-18/h4-6,14,18,22H,3,7-13H2,1-2H3. The van der Waals surface area contributed by atoms with E-state index in [1.165, 1.54) is 12.1 Å². The van der Waals surface area contributed by atoms with Crippen molar-refractivity contribution in [2.75, 3.05) is 26.2 Å². The van der Waals surface area contributed by atoms with E-state index in [0.717, 1.165) is 43.6 Å². The van der Waals surface area contributed by atoms with Gasteiger partial charge in [-0.05, 0) is 63.4 Å². The van der Waals surface area contributed by atoms with Gasteiger partial charge in [-0.15, -0.1) is 5.10 Å². The van der Waals surface area contributed by atoms with Crippen molar-refractivity contribution >= 4 is 5.91 Å². The van der Waals surface area contributed by atoms with E-state index in [1.54, 1.807) is 11.0 Å². The summed E-state index contributed by atoms with van der Waals surface area (Å²) < 4.78 is 15.3. The van der Waals surface area contributed by atoms with Crippen molar-refractivity contribution in [3.8, 4) is 0 Å². The smallest absolute Gasteiger partial charge is 0.276 e. The molecular weight excluding hydrogens is 345 g/mol. The van der Waals surface area contributed by atoms with Crippen molar-refractivity contribution in [1.82, 2.24) is 25.2 Å². The fraction of sp³-hybridized carbons (Fsp3) is 0.550. The number of halogens is 1. The molecule has 146 valence electrons. The number of hydrogen-bond acceptors (Lipinski definition) is 4. The first kappa shape index (κ1) is 19.5. The van der Waals surface area contributed by atoms with Crippen LogP contribution in [0.1, 0.15) is 54.0 Å². The maximum atomic E-state index is 13.4. The van der Waals surface area contributed by atoms with Gasteiger partial charge in [-0.2, -0.15) is 0 Å². The average Bonchev–Trinajstić information content (AvgIpc) is 3.07. The molecule has 0 radical (unpaired) electrons. The highest BCUT2D eigenvalue weighted by Gasteiger charge is 2.25. The Morgan fingerprint density at radius 3 is 2.81 bits per heavy atom. The van der Waals surface area contributed by atoms with Gasteiger partial charge in [0.05, 0.1) is 11.7 Å². The molecule has 27 heavy (non-hydrogen) atoms. The number of carbonyl (C=O) groups is 1. The van der Waals surface area contributed by atoms with E-state index in [9.17, 15) is 9.18 Å². The second-order valence-corrected chi connectivity index (χ2v) is 7.12. The first-order valence-electron chi connectivity index (χ1n) is 9.76. The molecule has 1 N–H and O–H groups in total. The third-order valence-electron chi connectivity index (χ3n) is 5.12. The molecule has 1 amide bonds. The topological polar surface area (TPSA) is 63.1 Å². The molecule has 3 rings (SSSR count). The summed E-state index contributed by atoms with van der Waals surface area (Å²) in [5, 5.41) is 11.8. The Bertz CT molecular complexity index is 769. The lowest BCUT2D eigenvalue weighted by Gasteiger charge is -2.24. The van der Waals surface area contributed by atoms with Gasteiger partial charge in [-0.1, -0.05) is 24.3 Å². The lowest BCUT2D eigenvalue weighted by molar-refractivity contribution is 0.0750. The molecule has 2 heterocycles. The van der Waals surface area contributed by atoms with Gasteiger partial charge in [0.1, 0.15) is 5.82 Å². The van der Waals surface area contributed by atoms with Crippen molar-refractivity contribution < 1.29 is 9.18 Å². The van der Waals surface area contributed by atoms with Crippen LogP contribution in [0.15, 0.2) is 24.3 Å². The number of benzene rings is 1. The van der Waals surface area contributed by atoms with Crippen LogP contribution < -0.4 is 5.32 Å². The van der Waals surface area contributed by atoms with Gasteiger partial charge >= 0.3 is 0 Å². The van der Waals surface area contributed by atoms with Crippen LogP contribution in [0.25, 0.3) is 0 Å². The van der Waals surface area contributed by atoms with Crippen molar-refractivity contribution in [2.24, 2.45) is 0 Å². The van der Waals surface area contributed by atoms with Crippen LogP contribution in [-0.4, -0.2) is 52.0 Å². The molecule has 6 nitrogen and oxygen atoms in total. The van der Waals surface area contributed by atoms with E-state index in [1.807, 2.05) is 24.6 Å². The van der Waals surface area contributed by atoms with Gasteiger partial charge in [-0.25, -0.2) is 9.07 Å². The van der Waals surface area contributed by atoms with Crippen LogP contribution in [-0.2, 0) is 6.42 Å². The number of nitrogens with zero attached hydrogens (tertiary/aromatic N) is 4. The van der Waals surface area contributed by atoms with E-state index in [0.29, 0.717) is 31.2 Å². The van der Waals surface area contributed by atoms with E-state index in [-0.39, 0.29) is 11.7 Å². The number of aromatic nitrogens is 3. The Labute approximate surface area is 159 Å². The van der Waals surface area contributed by atoms with Gasteiger partial charge in [-0.3, -0.25) is 4.79 Å². The fourth-order valence-corrected chi connectivity index (χ4v) is 3.63. The Morgan fingerprint density at radius 1 is 1.33 bits per heavy atom. The first-order valence-corrected chi connectivity index (χ1v) is 9.76. The molecule has 1 saturated heterocycles. The van der Waals surface area contributed by atoms with Crippen LogP contribution in [0.4, 0.5) is 4.39 Å². The normalized spacial score (nSPS) is 15.1. The van der Waals surface area contributed by atoms with Crippen LogP contribution in [0, 0.1) is 12.7 Å². The Morgan fingerprint density at radius 2 is 2.11 bits per heavy atom. The van der Waals surface area contributed by atoms with E-state index in [2.05, 4.69) is 15.6 Å². The number of rotatable bonds is 7. The summed E-state index contributed by atoms with van der Waals surface area (Å²) in [6.07, 6.45) is 3.47. The summed E-state index contributed by atoms with van der Waals surface area (Å²) in [5.41, 5.74) is 2.15. The highest BCUT2D eigenvalue weighted by Crippen LogP contribution is 2.21. The van der Waals surface area contributed by atoms with Gasteiger partial charge in [0.15, 0.2) is 5.69 Å². The Hall–Kier alpha value is -2.28. The van der Waals surface area contributed by atoms with E-state index >= 15 is 0 Å². The first-order chi connectivity index (χ1) is 13.1. The number of piperidine rings is 1. The number of amides is 1. The van der Waals surface area contributed by atoms with Gasteiger partial charge in [0.25, 0.3) is 5.91 Å². The third-order valence-corrected chi connectivity index (χ3v) is 5.12. The minimum Gasteiger partial charge on any atom is -0.337 e. The number of carbonyl (C=O) groups excluding carboxylic acids is 1. The SMILES string of the molecule is CCCN(CCc1cccc(F)c1)C(=O)c1nnn(C2CCNCC2)c1C. The van der Waals surface area contributed by atoms with Gasteiger partial charge < -0.3 is 10.2 Å². The summed E-state index contributed by atoms with van der Waals surface area (Å²) in [7, 11) is 0. The molecule has 1 aliphatic heterocycles. The highest BCUT2D eigenvalue weighted by atomic mass is 19.1. The maximum Gasteiger partial charge on any atom is 0.276 e. The van der Waals surface area contributed by atoms with Crippen molar-refractivity contribution in [2.45, 2.75) is 45.6 Å². The van der Waals surface area contributed by atoms with Crippen molar-refractivity contribution in [1.29, 1.82) is 0 Å². The average molecular weight is 373 g/mol. The molecule has 0 aliphatic carbocycles. The molecule has 1 aliphatic rings. The monoisotopic (exact) mass is 373 g/mol. The lowest BCUT2D eigenvalue weighted by atomic mass is 10.1. The highest BCUT2D eigenvalue weighted by molar-refractivity contribution is 5.93. The molecule has 1 aromatic carbocycles. The zero-order valence-electron chi connectivity index (χ0n) is 16.1. The molecule has 1 aromatic heterocycles. The van der Waals surface area contributed by atoms with Crippen molar-refractivity contribution in [3.63, 3.8) is 0 Å². The van der Waals surface area contributed by atoms with Gasteiger partial charge in [0, 0.05) is 13.1 Å². The van der Waals surface area contributed by atoms with Crippen LogP contribution in [0.2, 0.25) is 0 Å². The van der Waals surface area contributed by atoms with E-state index in [4.69, 9.17) is 0 Å². The second-order valence-electron chi connectivity index (χ2n) is 7.12. The minimum absolute atomic E-state index is 0.0917. The molecule has 2 aromatic rings. The zero-order chi connectivity index (χ0) is 19.2. The molecule has 0 unspecified atom stereocenters. The van der Waals surface area contributed by atoms with Crippen molar-refractivity contribution in [3.05, 3.63) is 47.0 Å². The molecule has 7 heteroatoms. The summed E-state index contributed by atoms with van der Waals surface area (Å²) in [4.78, 5) is 14.9. The second kappa shape index (κ2) is 9.08. The fourth-order valence-electron chi connectivity index (χ4n) is 3.63. The van der Waals surface area contributed by atoms with Gasteiger partial charge in [0.2, 0.25) is 0 Å². The van der Waals surface area contributed by atoms with Crippen LogP contribution in [0.3, 0.4) is 0 Å². The predicted molar refractivity (Wildman–Crippen MR) is 102 cm³/mol. The van der Waals surface area contributed by atoms with Crippen LogP contribution in [0.5, 0.6) is 0 Å². The largest absolute Gasteiger partial charge is 0.337 e. The predicted octanol–water partition coefficient (Wildman–Crippen LogP) is 2.75. The number of nitrogens with one attached hydrogen (secondary N) is 1. The molecule has 0 saturated carbocycles. The summed E-state index contributed by atoms with van der Waals surface area (Å²) in [6, 6.07) is 6.84. The summed E-state index contributed by atoms with van der Waals surface area (Å²) in [5.74, 6) is -0.340. The number of hydrogen-bond donors (Lipinski definition) is 1.